The van der Waals surface area contributed by atoms with E-state index in [-0.39, 0.29) is 50.2 Å². The van der Waals surface area contributed by atoms with Crippen LogP contribution in [0, 0.1) is 5.92 Å². The van der Waals surface area contributed by atoms with Gasteiger partial charge in [-0.15, -0.1) is 0 Å². The summed E-state index contributed by atoms with van der Waals surface area (Å²) in [6.45, 7) is 4.35. The first-order valence-corrected chi connectivity index (χ1v) is 25.5. The molecule has 0 aromatic heterocycles. The molecule has 1 aromatic carbocycles. The van der Waals surface area contributed by atoms with Gasteiger partial charge in [-0.1, -0.05) is 32.4 Å². The predicted molar refractivity (Wildman–Crippen MR) is 268 cm³/mol. The first-order valence-electron chi connectivity index (χ1n) is 23.5. The van der Waals surface area contributed by atoms with Crippen molar-refractivity contribution in [1.29, 1.82) is 0 Å². The fourth-order valence-corrected chi connectivity index (χ4v) is 8.07. The molecular weight excluding hydrogens is 1010 g/mol. The number of carbonyl (C=O) groups excluding carboxylic acids is 10. The maximum atomic E-state index is 14.2. The number of carboxylic acid groups (broad SMARTS) is 2. The third kappa shape index (κ3) is 20.7. The van der Waals surface area contributed by atoms with Crippen molar-refractivity contribution in [3.63, 3.8) is 0 Å². The Kier molecular flexibility index (Phi) is 26.7. The Morgan fingerprint density at radius 2 is 1.26 bits per heavy atom. The molecule has 0 saturated carbocycles. The number of nitrogens with two attached hydrogens (primary N) is 3. The van der Waals surface area contributed by atoms with Crippen molar-refractivity contribution in [2.45, 2.75) is 139 Å². The molecule has 0 unspecified atom stereocenters. The number of benzene rings is 1. The van der Waals surface area contributed by atoms with Crippen molar-refractivity contribution in [1.82, 2.24) is 42.1 Å². The molecule has 1 aromatic rings. The summed E-state index contributed by atoms with van der Waals surface area (Å²) in [5, 5.41) is 56.4. The van der Waals surface area contributed by atoms with E-state index in [1.807, 2.05) is 0 Å². The molecule has 1 saturated heterocycles. The van der Waals surface area contributed by atoms with Crippen LogP contribution in [0.1, 0.15) is 77.7 Å². The molecular formula is C45H69N11O16S2. The molecule has 1 aliphatic rings. The van der Waals surface area contributed by atoms with Crippen LogP contribution in [0.4, 0.5) is 0 Å². The molecule has 10 amide bonds. The summed E-state index contributed by atoms with van der Waals surface area (Å²) in [5.41, 5.74) is 16.8. The Balaban J connectivity index is 2.46. The number of phenols is 1. The molecule has 29 heteroatoms. The number of hydrogen-bond donors (Lipinski definition) is 15. The second kappa shape index (κ2) is 31.1. The molecule has 0 spiro atoms. The molecule has 74 heavy (non-hydrogen) atoms. The van der Waals surface area contributed by atoms with Crippen molar-refractivity contribution >= 4 is 95.4 Å². The lowest BCUT2D eigenvalue weighted by Gasteiger charge is -2.31. The lowest BCUT2D eigenvalue weighted by atomic mass is 9.96. The fraction of sp³-hybridized carbons (Fsp3) is 0.600. The monoisotopic (exact) mass is 1080 g/mol. The first kappa shape index (κ1) is 63.4. The van der Waals surface area contributed by atoms with Gasteiger partial charge in [-0.3, -0.25) is 52.7 Å². The number of aliphatic hydroxyl groups is 1. The van der Waals surface area contributed by atoms with Crippen LogP contribution in [0.15, 0.2) is 24.3 Å². The number of rotatable bonds is 32. The zero-order valence-corrected chi connectivity index (χ0v) is 43.1. The van der Waals surface area contributed by atoms with E-state index in [1.165, 1.54) is 49.9 Å². The summed E-state index contributed by atoms with van der Waals surface area (Å²) in [6, 6.07) is -8.54. The van der Waals surface area contributed by atoms with Crippen LogP contribution in [0.25, 0.3) is 0 Å². The van der Waals surface area contributed by atoms with Crippen LogP contribution in [0.2, 0.25) is 0 Å². The van der Waals surface area contributed by atoms with Crippen LogP contribution >= 0.6 is 24.4 Å². The van der Waals surface area contributed by atoms with Gasteiger partial charge in [0.15, 0.2) is 0 Å². The number of hydrogen-bond acceptors (Lipinski definition) is 17. The smallest absolute Gasteiger partial charge is 0.326 e. The second-order valence-corrected chi connectivity index (χ2v) is 19.0. The molecule has 1 fully saturated rings. The van der Waals surface area contributed by atoms with E-state index in [4.69, 9.17) is 17.2 Å². The summed E-state index contributed by atoms with van der Waals surface area (Å²) >= 11 is 5.28. The number of carbonyl (C=O) groups is 12. The van der Waals surface area contributed by atoms with Gasteiger partial charge >= 0.3 is 11.9 Å². The summed E-state index contributed by atoms with van der Waals surface area (Å²) in [5.74, 6) is -13.9. The number of primary amides is 2. The van der Waals surface area contributed by atoms with Crippen LogP contribution in [0.5, 0.6) is 5.75 Å². The second-order valence-electron chi connectivity index (χ2n) is 17.6. The van der Waals surface area contributed by atoms with E-state index in [2.05, 4.69) is 49.8 Å². The van der Waals surface area contributed by atoms with Crippen LogP contribution in [0.3, 0.4) is 0 Å². The number of aromatic hydroxyl groups is 1. The largest absolute Gasteiger partial charge is 0.508 e. The number of phenolic OH excluding ortho intramolecular Hbond substituents is 1. The number of nitrogens with one attached hydrogen (secondary N) is 7. The van der Waals surface area contributed by atoms with Gasteiger partial charge in [-0.25, -0.2) is 4.79 Å². The highest BCUT2D eigenvalue weighted by Crippen LogP contribution is 2.21. The molecule has 11 atom stereocenters. The minimum absolute atomic E-state index is 0.00537. The number of likely N-dealkylation sites (tertiary alicyclic amines) is 1. The molecule has 2 rings (SSSR count). The van der Waals surface area contributed by atoms with E-state index in [0.717, 1.165) is 4.90 Å². The molecule has 412 valence electrons. The summed E-state index contributed by atoms with van der Waals surface area (Å²) in [4.78, 5) is 159. The van der Waals surface area contributed by atoms with Crippen molar-refractivity contribution in [3.05, 3.63) is 29.8 Å². The maximum absolute atomic E-state index is 14.2. The van der Waals surface area contributed by atoms with Gasteiger partial charge in [0.2, 0.25) is 59.1 Å². The summed E-state index contributed by atoms with van der Waals surface area (Å²) in [7, 11) is 0. The van der Waals surface area contributed by atoms with Crippen molar-refractivity contribution < 1.29 is 78.0 Å². The third-order valence-corrected chi connectivity index (χ3v) is 12.8. The molecule has 27 nitrogen and oxygen atoms in total. The van der Waals surface area contributed by atoms with E-state index >= 15 is 0 Å². The maximum Gasteiger partial charge on any atom is 0.326 e. The molecule has 0 bridgehead atoms. The van der Waals surface area contributed by atoms with Gasteiger partial charge in [-0.2, -0.15) is 24.4 Å². The molecule has 1 aliphatic heterocycles. The van der Waals surface area contributed by atoms with Crippen LogP contribution in [-0.4, -0.2) is 181 Å². The number of aliphatic hydroxyl groups excluding tert-OH is 1. The minimum atomic E-state index is -1.96. The average molecular weight is 1080 g/mol. The fourth-order valence-electron chi connectivity index (χ4n) is 7.44. The standard InChI is InChI=1S/C45H69N11O16S2/c1-5-21(2)35(43(69)53-29(18-33(48)60)40(66)49-26(12-13-32(47)59)38(64)50-27(45(71)72)14-16-74-4)54-41(67)30(19-34(61)62)51-39(65)28(17-23-8-10-24(58)11-9-23)52-42(68)31-7-6-15-56(31)44(70)36(22(3)57)55-37(63)25(46)20-73/h8-11,21-22,25-31,35-36,57-58,73H,5-7,12-20,46H2,1-4H3,(H2,47,59)(H2,48,60)(H,49,66)(H,50,64)(H,51,65)(H,52,68)(H,53,69)(H,54,67)(H,55,63)(H,61,62)(H,71,72)/t21-,22+,25-,26-,27-,28-,29-,30-,31-,35-,36-/m0/s1. The van der Waals surface area contributed by atoms with Crippen LogP contribution < -0.4 is 54.4 Å². The van der Waals surface area contributed by atoms with Crippen molar-refractivity contribution in [3.8, 4) is 5.75 Å². The molecule has 17 N–H and O–H groups in total. The lowest BCUT2D eigenvalue weighted by molar-refractivity contribution is -0.144. The Labute approximate surface area is 436 Å². The SMILES string of the molecule is CC[C@H](C)[C@H](NC(=O)[C@H](CC(=O)O)NC(=O)[C@H](Cc1ccc(O)cc1)NC(=O)[C@@H]1CCCN1C(=O)[C@@H](NC(=O)[C@@H](N)CS)[C@@H](C)O)C(=O)N[C@@H](CC(N)=O)C(=O)N[C@@H](CCC(N)=O)C(=O)N[C@@H](CCSC)C(=O)O. The number of carboxylic acids is 2. The molecule has 0 aliphatic carbocycles. The zero-order valence-electron chi connectivity index (χ0n) is 41.4. The number of thioether (sulfide) groups is 1. The van der Waals surface area contributed by atoms with Crippen molar-refractivity contribution in [2.24, 2.45) is 23.1 Å². The Morgan fingerprint density at radius 1 is 0.716 bits per heavy atom. The third-order valence-electron chi connectivity index (χ3n) is 11.8. The van der Waals surface area contributed by atoms with Gasteiger partial charge in [0.05, 0.1) is 25.0 Å². The number of amides is 10. The average Bonchev–Trinajstić information content (AvgIpc) is 3.84. The highest BCUT2D eigenvalue weighted by molar-refractivity contribution is 7.98. The number of nitrogens with zero attached hydrogens (tertiary/aromatic N) is 1. The van der Waals surface area contributed by atoms with Crippen LogP contribution in [-0.2, 0) is 64.0 Å². The van der Waals surface area contributed by atoms with E-state index in [1.54, 1.807) is 13.2 Å². The quantitative estimate of drug-likeness (QED) is 0.0302. The van der Waals surface area contributed by atoms with Gasteiger partial charge in [0.1, 0.15) is 54.1 Å². The normalized spacial score (nSPS) is 17.2. The summed E-state index contributed by atoms with van der Waals surface area (Å²) < 4.78 is 0. The van der Waals surface area contributed by atoms with Gasteiger partial charge in [-0.05, 0) is 68.2 Å². The van der Waals surface area contributed by atoms with Gasteiger partial charge < -0.3 is 79.7 Å². The van der Waals surface area contributed by atoms with Gasteiger partial charge in [0, 0.05) is 25.1 Å². The highest BCUT2D eigenvalue weighted by Gasteiger charge is 2.42. The summed E-state index contributed by atoms with van der Waals surface area (Å²) in [6.07, 6.45) is -2.40. The zero-order chi connectivity index (χ0) is 56.0. The number of aliphatic carboxylic acids is 2. The Bertz CT molecular complexity index is 2190. The van der Waals surface area contributed by atoms with E-state index in [0.29, 0.717) is 11.3 Å². The van der Waals surface area contributed by atoms with E-state index < -0.39 is 163 Å². The highest BCUT2D eigenvalue weighted by atomic mass is 32.2. The Hall–Kier alpha value is -6.72. The van der Waals surface area contributed by atoms with E-state index in [9.17, 15) is 78.0 Å². The molecule has 0 radical (unpaired) electrons. The topological polar surface area (TPSA) is 451 Å². The predicted octanol–water partition coefficient (Wildman–Crippen LogP) is -4.54. The van der Waals surface area contributed by atoms with Gasteiger partial charge in [0.25, 0.3) is 0 Å². The molecule has 1 heterocycles. The Morgan fingerprint density at radius 3 is 1.80 bits per heavy atom. The van der Waals surface area contributed by atoms with Crippen molar-refractivity contribution in [2.75, 3.05) is 24.3 Å². The minimum Gasteiger partial charge on any atom is -0.508 e. The number of thiol groups is 1. The first-order chi connectivity index (χ1) is 34.7. The lowest BCUT2D eigenvalue weighted by Crippen LogP contribution is -2.62.